The second-order valence-electron chi connectivity index (χ2n) is 9.24. The molecule has 0 bridgehead atoms. The number of halogens is 1. The number of piperazine rings is 1. The minimum absolute atomic E-state index is 0.0157. The van der Waals surface area contributed by atoms with Gasteiger partial charge in [-0.15, -0.1) is 5.10 Å². The zero-order chi connectivity index (χ0) is 22.3. The summed E-state index contributed by atoms with van der Waals surface area (Å²) in [6.45, 7) is 13.0. The van der Waals surface area contributed by atoms with E-state index in [-0.39, 0.29) is 23.2 Å². The molecule has 9 heteroatoms. The van der Waals surface area contributed by atoms with Crippen molar-refractivity contribution in [2.75, 3.05) is 36.4 Å². The van der Waals surface area contributed by atoms with Crippen molar-refractivity contribution in [2.45, 2.75) is 40.2 Å². The quantitative estimate of drug-likeness (QED) is 0.656. The lowest BCUT2D eigenvalue weighted by atomic mass is 10.1. The lowest BCUT2D eigenvalue weighted by Crippen LogP contribution is -2.49. The second-order valence-corrected chi connectivity index (χ2v) is 10.2. The third-order valence-corrected chi connectivity index (χ3v) is 6.11. The molecule has 0 radical (unpaired) electrons. The topological polar surface area (TPSA) is 65.8 Å². The van der Waals surface area contributed by atoms with E-state index in [1.807, 2.05) is 29.3 Å². The molecule has 166 valence electrons. The number of nitrogens with zero attached hydrogens (tertiary/aromatic N) is 5. The average molecular weight is 445 g/mol. The summed E-state index contributed by atoms with van der Waals surface area (Å²) in [6.07, 6.45) is 0. The van der Waals surface area contributed by atoms with Crippen LogP contribution < -0.4 is 10.2 Å². The molecule has 1 N–H and O–H groups in total. The van der Waals surface area contributed by atoms with E-state index in [0.717, 1.165) is 29.0 Å². The van der Waals surface area contributed by atoms with Gasteiger partial charge in [0.1, 0.15) is 11.5 Å². The molecule has 0 atom stereocenters. The van der Waals surface area contributed by atoms with Crippen LogP contribution in [0.2, 0.25) is 0 Å². The maximum atomic E-state index is 13.8. The van der Waals surface area contributed by atoms with Crippen molar-refractivity contribution in [3.63, 3.8) is 0 Å². The predicted molar refractivity (Wildman–Crippen MR) is 123 cm³/mol. The number of carbonyl (C=O) groups is 1. The van der Waals surface area contributed by atoms with E-state index in [0.29, 0.717) is 24.3 Å². The van der Waals surface area contributed by atoms with Crippen LogP contribution in [0.4, 0.5) is 15.3 Å². The lowest BCUT2D eigenvalue weighted by molar-refractivity contribution is -0.134. The van der Waals surface area contributed by atoms with Crippen LogP contribution in [0.3, 0.4) is 0 Å². The van der Waals surface area contributed by atoms with Gasteiger partial charge in [-0.05, 0) is 32.9 Å². The van der Waals surface area contributed by atoms with Crippen molar-refractivity contribution in [1.29, 1.82) is 0 Å². The molecule has 7 nitrogen and oxygen atoms in total. The first-order valence-electron chi connectivity index (χ1n) is 10.6. The van der Waals surface area contributed by atoms with E-state index in [2.05, 4.69) is 31.0 Å². The first-order valence-corrected chi connectivity index (χ1v) is 11.4. The highest BCUT2D eigenvalue weighted by atomic mass is 32.1. The Bertz CT molecular complexity index is 1090. The van der Waals surface area contributed by atoms with Gasteiger partial charge >= 0.3 is 0 Å². The van der Waals surface area contributed by atoms with Crippen molar-refractivity contribution in [1.82, 2.24) is 19.5 Å². The first kappa shape index (κ1) is 21.5. The van der Waals surface area contributed by atoms with Gasteiger partial charge in [-0.1, -0.05) is 37.3 Å². The lowest BCUT2D eigenvalue weighted by Gasteiger charge is -2.35. The second kappa shape index (κ2) is 8.11. The number of carbonyl (C=O) groups excluding carboxylic acids is 1. The summed E-state index contributed by atoms with van der Waals surface area (Å²) in [5.74, 6) is 0.675. The number of hydrogen-bond acceptors (Lipinski definition) is 6. The van der Waals surface area contributed by atoms with Crippen molar-refractivity contribution in [3.8, 4) is 11.3 Å². The van der Waals surface area contributed by atoms with Gasteiger partial charge in [0.05, 0.1) is 0 Å². The number of fused-ring (bicyclic) bond motifs is 1. The molecule has 1 aliphatic rings. The zero-order valence-corrected chi connectivity index (χ0v) is 19.5. The monoisotopic (exact) mass is 444 g/mol. The number of anilines is 2. The fourth-order valence-electron chi connectivity index (χ4n) is 3.65. The Morgan fingerprint density at radius 2 is 1.90 bits per heavy atom. The van der Waals surface area contributed by atoms with Crippen LogP contribution in [-0.4, -0.2) is 57.1 Å². The summed E-state index contributed by atoms with van der Waals surface area (Å²) in [5, 5.41) is 9.20. The van der Waals surface area contributed by atoms with Crippen LogP contribution in [0.5, 0.6) is 0 Å². The molecule has 0 aliphatic carbocycles. The fourth-order valence-corrected chi connectivity index (χ4v) is 4.61. The minimum Gasteiger partial charge on any atom is -0.364 e. The van der Waals surface area contributed by atoms with Gasteiger partial charge in [0, 0.05) is 43.2 Å². The maximum Gasteiger partial charge on any atom is 0.225 e. The van der Waals surface area contributed by atoms with E-state index in [9.17, 15) is 9.18 Å². The van der Waals surface area contributed by atoms with Crippen molar-refractivity contribution in [3.05, 3.63) is 30.1 Å². The highest BCUT2D eigenvalue weighted by Gasteiger charge is 2.27. The summed E-state index contributed by atoms with van der Waals surface area (Å²) in [5.41, 5.74) is 1.18. The van der Waals surface area contributed by atoms with Crippen LogP contribution in [0.1, 0.15) is 34.6 Å². The van der Waals surface area contributed by atoms with E-state index in [4.69, 9.17) is 10.1 Å². The Morgan fingerprint density at radius 1 is 1.19 bits per heavy atom. The summed E-state index contributed by atoms with van der Waals surface area (Å²) in [7, 11) is 0. The highest BCUT2D eigenvalue weighted by molar-refractivity contribution is 7.20. The van der Waals surface area contributed by atoms with Crippen LogP contribution >= 0.6 is 11.3 Å². The Balaban J connectivity index is 1.64. The molecule has 0 spiro atoms. The Hall–Kier alpha value is -2.68. The third-order valence-electron chi connectivity index (χ3n) is 5.14. The molecular formula is C22H29FN6OS. The van der Waals surface area contributed by atoms with Gasteiger partial charge < -0.3 is 15.1 Å². The minimum atomic E-state index is -0.293. The van der Waals surface area contributed by atoms with Crippen LogP contribution in [0.25, 0.3) is 16.2 Å². The molecule has 1 aromatic carbocycles. The smallest absolute Gasteiger partial charge is 0.225 e. The number of imidazole rings is 1. The van der Waals surface area contributed by atoms with Gasteiger partial charge in [-0.3, -0.25) is 4.79 Å². The number of nitrogens with one attached hydrogen (secondary N) is 1. The molecule has 1 aliphatic heterocycles. The molecule has 3 heterocycles. The maximum absolute atomic E-state index is 13.8. The predicted octanol–water partition coefficient (Wildman–Crippen LogP) is 4.11. The van der Waals surface area contributed by atoms with Crippen LogP contribution in [0.15, 0.2) is 24.3 Å². The molecule has 31 heavy (non-hydrogen) atoms. The number of aromatic nitrogens is 3. The molecule has 1 amide bonds. The van der Waals surface area contributed by atoms with E-state index in [1.165, 1.54) is 23.5 Å². The van der Waals surface area contributed by atoms with Gasteiger partial charge in [0.2, 0.25) is 16.0 Å². The molecule has 4 rings (SSSR count). The average Bonchev–Trinajstić information content (AvgIpc) is 3.26. The molecule has 1 fully saturated rings. The first-order chi connectivity index (χ1) is 14.6. The molecule has 3 aromatic rings. The fraction of sp³-hybridized carbons (Fsp3) is 0.500. The summed E-state index contributed by atoms with van der Waals surface area (Å²) in [4.78, 5) is 21.9. The Kier molecular flexibility index (Phi) is 5.63. The van der Waals surface area contributed by atoms with E-state index in [1.54, 1.807) is 6.07 Å². The normalized spacial score (nSPS) is 15.2. The number of amides is 1. The SMILES string of the molecule is CC(C)C(=O)N1CCN(c2nn3c(NC(C)(C)C)c(-c4cccc(F)c4)nc3s2)CC1. The molecule has 2 aromatic heterocycles. The van der Waals surface area contributed by atoms with E-state index < -0.39 is 0 Å². The Morgan fingerprint density at radius 3 is 2.52 bits per heavy atom. The summed E-state index contributed by atoms with van der Waals surface area (Å²) < 4.78 is 15.7. The number of hydrogen-bond donors (Lipinski definition) is 1. The molecule has 0 saturated carbocycles. The number of benzene rings is 1. The van der Waals surface area contributed by atoms with Crippen molar-refractivity contribution < 1.29 is 9.18 Å². The standard InChI is InChI=1S/C22H29FN6OS/c1-14(2)19(30)27-9-11-28(12-10-27)21-26-29-18(25-22(3,4)5)17(24-20(29)31-21)15-7-6-8-16(23)13-15/h6-8,13-14,25H,9-12H2,1-5H3. The third kappa shape index (κ3) is 4.51. The largest absolute Gasteiger partial charge is 0.364 e. The van der Waals surface area contributed by atoms with Crippen LogP contribution in [-0.2, 0) is 4.79 Å². The van der Waals surface area contributed by atoms with Crippen LogP contribution in [0, 0.1) is 11.7 Å². The van der Waals surface area contributed by atoms with Gasteiger partial charge in [-0.2, -0.15) is 4.52 Å². The summed E-state index contributed by atoms with van der Waals surface area (Å²) in [6, 6.07) is 6.47. The zero-order valence-electron chi connectivity index (χ0n) is 18.6. The van der Waals surface area contributed by atoms with E-state index >= 15 is 0 Å². The number of rotatable bonds is 4. The van der Waals surface area contributed by atoms with Crippen molar-refractivity contribution >= 4 is 33.2 Å². The molecule has 1 saturated heterocycles. The van der Waals surface area contributed by atoms with Crippen molar-refractivity contribution in [2.24, 2.45) is 5.92 Å². The highest BCUT2D eigenvalue weighted by Crippen LogP contribution is 2.35. The van der Waals surface area contributed by atoms with Gasteiger partial charge in [-0.25, -0.2) is 9.37 Å². The van der Waals surface area contributed by atoms with Gasteiger partial charge in [0.15, 0.2) is 5.82 Å². The Labute approximate surface area is 185 Å². The molecular weight excluding hydrogens is 415 g/mol. The molecule has 0 unspecified atom stereocenters. The summed E-state index contributed by atoms with van der Waals surface area (Å²) >= 11 is 1.51. The van der Waals surface area contributed by atoms with Gasteiger partial charge in [0.25, 0.3) is 0 Å².